The first-order valence-electron chi connectivity index (χ1n) is 15.3. The summed E-state index contributed by atoms with van der Waals surface area (Å²) in [5, 5.41) is 0. The largest absolute Gasteiger partial charge is 0.494 e. The van der Waals surface area contributed by atoms with Gasteiger partial charge in [0.05, 0.1) is 45.2 Å². The van der Waals surface area contributed by atoms with Gasteiger partial charge in [0.25, 0.3) is 0 Å². The van der Waals surface area contributed by atoms with E-state index in [2.05, 4.69) is 25.6 Å². The third kappa shape index (κ3) is 12.5. The molecule has 46 heavy (non-hydrogen) atoms. The number of ether oxygens (including phenoxy) is 7. The van der Waals surface area contributed by atoms with Crippen molar-refractivity contribution in [2.45, 2.75) is 30.4 Å². The first kappa shape index (κ1) is 35.0. The predicted molar refractivity (Wildman–Crippen MR) is 176 cm³/mol. The minimum Gasteiger partial charge on any atom is -0.494 e. The molecule has 3 aromatic carbocycles. The molecule has 0 radical (unpaired) electrons. The molecule has 1 heterocycles. The standard InChI is InChI=1S/C36H42O9S/c1-3-34(37)44-23-21-39-20-22-43-31-12-8-29(9-13-31)35(38)45-32-14-16-33(17-15-32)46-24-28-6-10-30(11-7-28)42-19-5-4-18-40-25-36(2)26-41-27-36/h3,6-17H,1,4-5,18-27H2,2H3. The molecule has 10 heteroatoms. The Balaban J connectivity index is 1.07. The molecule has 0 saturated carbocycles. The van der Waals surface area contributed by atoms with Crippen molar-refractivity contribution in [3.63, 3.8) is 0 Å². The first-order valence-corrected chi connectivity index (χ1v) is 16.3. The molecular weight excluding hydrogens is 608 g/mol. The van der Waals surface area contributed by atoms with Crippen LogP contribution in [0.2, 0.25) is 0 Å². The normalized spacial score (nSPS) is 13.3. The van der Waals surface area contributed by atoms with Crippen LogP contribution >= 0.6 is 11.8 Å². The van der Waals surface area contributed by atoms with Gasteiger partial charge in [0, 0.05) is 28.7 Å². The zero-order valence-corrected chi connectivity index (χ0v) is 27.1. The van der Waals surface area contributed by atoms with Crippen LogP contribution in [0.15, 0.2) is 90.3 Å². The second kappa shape index (κ2) is 19.0. The van der Waals surface area contributed by atoms with Gasteiger partial charge in [-0.15, -0.1) is 11.8 Å². The zero-order chi connectivity index (χ0) is 32.5. The second-order valence-electron chi connectivity index (χ2n) is 11.1. The van der Waals surface area contributed by atoms with Crippen molar-refractivity contribution < 1.29 is 42.7 Å². The van der Waals surface area contributed by atoms with E-state index in [-0.39, 0.29) is 18.6 Å². The van der Waals surface area contributed by atoms with E-state index in [0.29, 0.717) is 36.9 Å². The topological polar surface area (TPSA) is 98.8 Å². The van der Waals surface area contributed by atoms with Crippen molar-refractivity contribution in [1.29, 1.82) is 0 Å². The fraction of sp³-hybridized carbons (Fsp3) is 0.389. The van der Waals surface area contributed by atoms with Crippen LogP contribution in [0.1, 0.15) is 35.7 Å². The zero-order valence-electron chi connectivity index (χ0n) is 26.3. The minimum atomic E-state index is -0.483. The molecule has 0 bridgehead atoms. The summed E-state index contributed by atoms with van der Waals surface area (Å²) in [4.78, 5) is 24.6. The van der Waals surface area contributed by atoms with E-state index in [9.17, 15) is 9.59 Å². The van der Waals surface area contributed by atoms with E-state index in [1.54, 1.807) is 48.2 Å². The molecule has 0 atom stereocenters. The molecule has 1 saturated heterocycles. The van der Waals surface area contributed by atoms with E-state index in [1.807, 2.05) is 24.3 Å². The number of carbonyl (C=O) groups excluding carboxylic acids is 2. The van der Waals surface area contributed by atoms with Crippen LogP contribution in [0, 0.1) is 5.41 Å². The Bertz CT molecular complexity index is 1350. The summed E-state index contributed by atoms with van der Waals surface area (Å²) in [5.74, 6) is 1.82. The van der Waals surface area contributed by atoms with Crippen LogP contribution in [-0.4, -0.2) is 71.4 Å². The lowest BCUT2D eigenvalue weighted by Gasteiger charge is -2.37. The summed E-state index contributed by atoms with van der Waals surface area (Å²) in [7, 11) is 0. The Kier molecular flexibility index (Phi) is 14.5. The number of unbranched alkanes of at least 4 members (excludes halogenated alkanes) is 1. The second-order valence-corrected chi connectivity index (χ2v) is 12.1. The third-order valence-electron chi connectivity index (χ3n) is 6.89. The van der Waals surface area contributed by atoms with Crippen molar-refractivity contribution >= 4 is 23.7 Å². The Morgan fingerprint density at radius 2 is 1.41 bits per heavy atom. The molecule has 0 unspecified atom stereocenters. The molecule has 1 aliphatic rings. The average molecular weight is 651 g/mol. The van der Waals surface area contributed by atoms with E-state index in [4.69, 9.17) is 33.2 Å². The summed E-state index contributed by atoms with van der Waals surface area (Å²) in [5.41, 5.74) is 1.81. The van der Waals surface area contributed by atoms with Crippen molar-refractivity contribution in [2.24, 2.45) is 5.41 Å². The minimum absolute atomic E-state index is 0.156. The smallest absolute Gasteiger partial charge is 0.343 e. The van der Waals surface area contributed by atoms with Gasteiger partial charge in [0.15, 0.2) is 0 Å². The van der Waals surface area contributed by atoms with Crippen LogP contribution in [-0.2, 0) is 29.5 Å². The summed E-state index contributed by atoms with van der Waals surface area (Å²) < 4.78 is 38.2. The number of hydrogen-bond donors (Lipinski definition) is 0. The van der Waals surface area contributed by atoms with Crippen molar-refractivity contribution in [2.75, 3.05) is 59.5 Å². The van der Waals surface area contributed by atoms with Crippen LogP contribution in [0.25, 0.3) is 0 Å². The van der Waals surface area contributed by atoms with Crippen LogP contribution in [0.5, 0.6) is 17.2 Å². The average Bonchev–Trinajstić information content (AvgIpc) is 3.07. The van der Waals surface area contributed by atoms with Gasteiger partial charge >= 0.3 is 11.9 Å². The van der Waals surface area contributed by atoms with E-state index in [1.165, 1.54) is 5.56 Å². The van der Waals surface area contributed by atoms with Crippen molar-refractivity contribution in [3.8, 4) is 17.2 Å². The van der Waals surface area contributed by atoms with Crippen molar-refractivity contribution in [3.05, 3.63) is 96.6 Å². The maximum absolute atomic E-state index is 12.6. The summed E-state index contributed by atoms with van der Waals surface area (Å²) >= 11 is 1.71. The number of rotatable bonds is 21. The third-order valence-corrected chi connectivity index (χ3v) is 7.97. The van der Waals surface area contributed by atoms with Gasteiger partial charge in [-0.25, -0.2) is 9.59 Å². The Hall–Kier alpha value is -3.83. The maximum Gasteiger partial charge on any atom is 0.343 e. The number of carbonyl (C=O) groups is 2. The molecule has 3 aromatic rings. The Labute approximate surface area is 275 Å². The van der Waals surface area contributed by atoms with Crippen LogP contribution in [0.3, 0.4) is 0 Å². The molecule has 4 rings (SSSR count). The monoisotopic (exact) mass is 650 g/mol. The van der Waals surface area contributed by atoms with Gasteiger partial charge in [-0.2, -0.15) is 0 Å². The summed E-state index contributed by atoms with van der Waals surface area (Å²) in [6.45, 7) is 10.4. The van der Waals surface area contributed by atoms with Gasteiger partial charge in [0.1, 0.15) is 30.5 Å². The van der Waals surface area contributed by atoms with E-state index < -0.39 is 11.9 Å². The Morgan fingerprint density at radius 3 is 2.09 bits per heavy atom. The fourth-order valence-corrected chi connectivity index (χ4v) is 5.09. The van der Waals surface area contributed by atoms with Gasteiger partial charge < -0.3 is 33.2 Å². The van der Waals surface area contributed by atoms with E-state index >= 15 is 0 Å². The molecule has 0 N–H and O–H groups in total. The lowest BCUT2D eigenvalue weighted by molar-refractivity contribution is -0.139. The number of benzene rings is 3. The number of hydrogen-bond acceptors (Lipinski definition) is 10. The quantitative estimate of drug-likeness (QED) is 0.0416. The highest BCUT2D eigenvalue weighted by Gasteiger charge is 2.33. The molecule has 0 aromatic heterocycles. The molecule has 0 amide bonds. The summed E-state index contributed by atoms with van der Waals surface area (Å²) in [6.07, 6.45) is 3.03. The number of thioether (sulfide) groups is 1. The SMILES string of the molecule is C=CC(=O)OCCOCCOc1ccc(C(=O)Oc2ccc(SCc3ccc(OCCCCOCC4(C)COC4)cc3)cc2)cc1. The van der Waals surface area contributed by atoms with Crippen molar-refractivity contribution in [1.82, 2.24) is 0 Å². The molecule has 9 nitrogen and oxygen atoms in total. The van der Waals surface area contributed by atoms with E-state index in [0.717, 1.165) is 61.7 Å². The Morgan fingerprint density at radius 1 is 0.783 bits per heavy atom. The van der Waals surface area contributed by atoms with Gasteiger partial charge in [-0.1, -0.05) is 25.6 Å². The summed E-state index contributed by atoms with van der Waals surface area (Å²) in [6, 6.07) is 22.3. The maximum atomic E-state index is 12.6. The van der Waals surface area contributed by atoms with Gasteiger partial charge in [-0.05, 0) is 79.1 Å². The fourth-order valence-electron chi connectivity index (χ4n) is 4.23. The lowest BCUT2D eigenvalue weighted by Crippen LogP contribution is -2.43. The molecule has 0 spiro atoms. The molecule has 0 aliphatic carbocycles. The predicted octanol–water partition coefficient (Wildman–Crippen LogP) is 6.53. The van der Waals surface area contributed by atoms with Crippen LogP contribution < -0.4 is 14.2 Å². The highest BCUT2D eigenvalue weighted by Crippen LogP contribution is 2.27. The molecule has 1 fully saturated rings. The molecule has 1 aliphatic heterocycles. The molecule has 246 valence electrons. The van der Waals surface area contributed by atoms with Crippen LogP contribution in [0.4, 0.5) is 0 Å². The van der Waals surface area contributed by atoms with Gasteiger partial charge in [0.2, 0.25) is 0 Å². The highest BCUT2D eigenvalue weighted by molar-refractivity contribution is 7.98. The van der Waals surface area contributed by atoms with Gasteiger partial charge in [-0.3, -0.25) is 0 Å². The highest BCUT2D eigenvalue weighted by atomic mass is 32.2. The number of esters is 2. The molecular formula is C36H42O9S. The lowest BCUT2D eigenvalue weighted by atomic mass is 9.90. The first-order chi connectivity index (χ1) is 22.4.